The van der Waals surface area contributed by atoms with Crippen LogP contribution in [0.25, 0.3) is 0 Å². The fourth-order valence-electron chi connectivity index (χ4n) is 8.31. The SMILES string of the molecule is COC(=O)/C(=C/[C@@H]1[C@H]2[C@@H](O)[C@H](C)[C@H](O[Si](C(C)C)(C(C)C)C(C)C)[C@@H]2C=C(C)[C@@H]1C/C=C(\C)CCCO[Si](C)(C)C(C)(C)C)CO. The number of esters is 1. The van der Waals surface area contributed by atoms with Crippen LogP contribution in [-0.4, -0.2) is 65.3 Å². The fraction of sp³-hybridized carbons (Fsp3) is 0.816. The highest BCUT2D eigenvalue weighted by Gasteiger charge is 2.57. The lowest BCUT2D eigenvalue weighted by molar-refractivity contribution is -0.136. The molecule has 0 heterocycles. The van der Waals surface area contributed by atoms with Crippen molar-refractivity contribution in [1.82, 2.24) is 0 Å². The van der Waals surface area contributed by atoms with E-state index in [0.29, 0.717) is 16.6 Å². The van der Waals surface area contributed by atoms with Gasteiger partial charge in [0.15, 0.2) is 8.32 Å². The first-order valence-corrected chi connectivity index (χ1v) is 23.0. The maximum atomic E-state index is 12.7. The van der Waals surface area contributed by atoms with Gasteiger partial charge in [-0.1, -0.05) is 98.6 Å². The van der Waals surface area contributed by atoms with E-state index in [1.54, 1.807) is 0 Å². The largest absolute Gasteiger partial charge is 0.466 e. The molecule has 7 atom stereocenters. The van der Waals surface area contributed by atoms with Crippen LogP contribution in [0.4, 0.5) is 0 Å². The number of hydrogen-bond donors (Lipinski definition) is 2. The third-order valence-corrected chi connectivity index (χ3v) is 22.6. The van der Waals surface area contributed by atoms with Crippen molar-refractivity contribution >= 4 is 22.6 Å². The van der Waals surface area contributed by atoms with E-state index >= 15 is 0 Å². The maximum absolute atomic E-state index is 12.7. The zero-order valence-electron chi connectivity index (χ0n) is 32.1. The molecule has 1 fully saturated rings. The Morgan fingerprint density at radius 1 is 1.07 bits per heavy atom. The molecule has 6 nitrogen and oxygen atoms in total. The van der Waals surface area contributed by atoms with Crippen LogP contribution in [0.1, 0.15) is 102 Å². The fourth-order valence-corrected chi connectivity index (χ4v) is 15.1. The van der Waals surface area contributed by atoms with Crippen molar-refractivity contribution in [2.45, 2.75) is 149 Å². The Bertz CT molecular complexity index is 1080. The van der Waals surface area contributed by atoms with Gasteiger partial charge in [-0.25, -0.2) is 4.79 Å². The van der Waals surface area contributed by atoms with Gasteiger partial charge in [-0.05, 0) is 79.7 Å². The average Bonchev–Trinajstić information content (AvgIpc) is 3.18. The Morgan fingerprint density at radius 3 is 2.11 bits per heavy atom. The molecule has 0 aromatic carbocycles. The average molecular weight is 679 g/mol. The lowest BCUT2D eigenvalue weighted by Crippen LogP contribution is -2.52. The minimum absolute atomic E-state index is 0.0285. The molecule has 0 aliphatic heterocycles. The predicted molar refractivity (Wildman–Crippen MR) is 197 cm³/mol. The number of carbonyl (C=O) groups excluding carboxylic acids is 1. The van der Waals surface area contributed by atoms with Crippen LogP contribution in [0, 0.1) is 29.6 Å². The molecular formula is C38H70O6Si2. The van der Waals surface area contributed by atoms with Crippen molar-refractivity contribution in [2.24, 2.45) is 29.6 Å². The highest BCUT2D eigenvalue weighted by atomic mass is 28.4. The van der Waals surface area contributed by atoms with Gasteiger partial charge < -0.3 is 23.8 Å². The standard InChI is InChI=1S/C38H70O6Si2/c1-24(2)46(25(3)4,26(5)6)44-36-29(9)35(40)34-32(22-30(23-39)37(41)42-13)31(28(8)21-33(34)36)19-18-27(7)17-16-20-43-45(14,15)38(10,11)12/h18,21-22,24-26,29,31-36,39-40H,16-17,19-20,23H2,1-15H3/b27-18+,30-22+/t29-,31-,32-,33+,34+,35-,36-/m0/s1. The van der Waals surface area contributed by atoms with Gasteiger partial charge in [0.2, 0.25) is 8.32 Å². The predicted octanol–water partition coefficient (Wildman–Crippen LogP) is 9.21. The van der Waals surface area contributed by atoms with Crippen LogP contribution in [0.5, 0.6) is 0 Å². The number of aliphatic hydroxyl groups is 2. The van der Waals surface area contributed by atoms with E-state index < -0.39 is 35.3 Å². The first kappa shape index (κ1) is 41.1. The first-order valence-electron chi connectivity index (χ1n) is 17.9. The minimum Gasteiger partial charge on any atom is -0.466 e. The van der Waals surface area contributed by atoms with Crippen LogP contribution in [-0.2, 0) is 18.4 Å². The molecule has 0 spiro atoms. The van der Waals surface area contributed by atoms with Gasteiger partial charge in [0, 0.05) is 24.4 Å². The van der Waals surface area contributed by atoms with Gasteiger partial charge >= 0.3 is 5.97 Å². The molecule has 8 heteroatoms. The summed E-state index contributed by atoms with van der Waals surface area (Å²) < 4.78 is 18.9. The van der Waals surface area contributed by atoms with E-state index in [9.17, 15) is 15.0 Å². The van der Waals surface area contributed by atoms with Gasteiger partial charge in [-0.2, -0.15) is 0 Å². The molecule has 2 aliphatic carbocycles. The quantitative estimate of drug-likeness (QED) is 0.0591. The molecule has 0 aromatic rings. The molecule has 0 bridgehead atoms. The van der Waals surface area contributed by atoms with Crippen molar-refractivity contribution in [2.75, 3.05) is 20.3 Å². The number of allylic oxidation sites excluding steroid dienone is 4. The van der Waals surface area contributed by atoms with E-state index in [2.05, 4.69) is 108 Å². The smallest absolute Gasteiger partial charge is 0.335 e. The molecular weight excluding hydrogens is 609 g/mol. The van der Waals surface area contributed by atoms with Crippen molar-refractivity contribution in [3.8, 4) is 0 Å². The monoisotopic (exact) mass is 678 g/mol. The van der Waals surface area contributed by atoms with E-state index in [1.165, 1.54) is 18.3 Å². The Labute approximate surface area is 284 Å². The minimum atomic E-state index is -2.22. The zero-order valence-corrected chi connectivity index (χ0v) is 34.1. The van der Waals surface area contributed by atoms with Crippen molar-refractivity contribution in [3.05, 3.63) is 34.9 Å². The molecule has 0 saturated heterocycles. The molecule has 0 radical (unpaired) electrons. The number of hydrogen-bond acceptors (Lipinski definition) is 6. The number of fused-ring (bicyclic) bond motifs is 1. The maximum Gasteiger partial charge on any atom is 0.335 e. The van der Waals surface area contributed by atoms with Gasteiger partial charge in [0.1, 0.15) is 0 Å². The molecule has 1 saturated carbocycles. The summed E-state index contributed by atoms with van der Waals surface area (Å²) in [7, 11) is -2.63. The summed E-state index contributed by atoms with van der Waals surface area (Å²) in [6.07, 6.45) is 8.71. The molecule has 0 unspecified atom stereocenters. The molecule has 2 N–H and O–H groups in total. The number of rotatable bonds is 15. The number of methoxy groups -OCH3 is 1. The Hall–Kier alpha value is -1.04. The molecule has 46 heavy (non-hydrogen) atoms. The summed E-state index contributed by atoms with van der Waals surface area (Å²) in [5, 5.41) is 22.4. The lowest BCUT2D eigenvalue weighted by atomic mass is 9.66. The van der Waals surface area contributed by atoms with Crippen LogP contribution in [0.3, 0.4) is 0 Å². The molecule has 0 aromatic heterocycles. The van der Waals surface area contributed by atoms with E-state index in [1.807, 2.05) is 6.08 Å². The number of ether oxygens (including phenoxy) is 1. The molecule has 2 rings (SSSR count). The van der Waals surface area contributed by atoms with Crippen molar-refractivity contribution in [1.29, 1.82) is 0 Å². The Kier molecular flexibility index (Phi) is 14.8. The zero-order chi connectivity index (χ0) is 35.4. The first-order chi connectivity index (χ1) is 21.2. The third kappa shape index (κ3) is 8.95. The summed E-state index contributed by atoms with van der Waals surface area (Å²) in [5.41, 5.74) is 4.16. The summed E-state index contributed by atoms with van der Waals surface area (Å²) in [5.74, 6) is -0.704. The second-order valence-corrected chi connectivity index (χ2v) is 27.1. The Balaban J connectivity index is 2.46. The van der Waals surface area contributed by atoms with E-state index in [0.717, 1.165) is 25.9 Å². The second kappa shape index (κ2) is 16.6. The van der Waals surface area contributed by atoms with Crippen molar-refractivity contribution < 1.29 is 28.6 Å². The van der Waals surface area contributed by atoms with Crippen molar-refractivity contribution in [3.63, 3.8) is 0 Å². The highest BCUT2D eigenvalue weighted by molar-refractivity contribution is 6.77. The third-order valence-electron chi connectivity index (χ3n) is 12.0. The summed E-state index contributed by atoms with van der Waals surface area (Å²) in [6.45, 7) is 32.2. The summed E-state index contributed by atoms with van der Waals surface area (Å²) >= 11 is 0. The highest BCUT2D eigenvalue weighted by Crippen LogP contribution is 2.55. The van der Waals surface area contributed by atoms with Crippen LogP contribution in [0.2, 0.25) is 34.8 Å². The topological polar surface area (TPSA) is 85.2 Å². The van der Waals surface area contributed by atoms with Gasteiger partial charge in [0.05, 0.1) is 31.5 Å². The normalized spacial score (nSPS) is 28.3. The second-order valence-electron chi connectivity index (χ2n) is 16.8. The molecule has 0 amide bonds. The van der Waals surface area contributed by atoms with Crippen LogP contribution < -0.4 is 0 Å². The molecule has 2 aliphatic rings. The van der Waals surface area contributed by atoms with Crippen LogP contribution >= 0.6 is 0 Å². The summed E-state index contributed by atoms with van der Waals surface area (Å²) in [4.78, 5) is 12.7. The van der Waals surface area contributed by atoms with Gasteiger partial charge in [0.25, 0.3) is 0 Å². The summed E-state index contributed by atoms with van der Waals surface area (Å²) in [6, 6.07) is 0. The molecule has 266 valence electrons. The van der Waals surface area contributed by atoms with Gasteiger partial charge in [-0.15, -0.1) is 0 Å². The van der Waals surface area contributed by atoms with Crippen LogP contribution in [0.15, 0.2) is 34.9 Å². The van der Waals surface area contributed by atoms with Gasteiger partial charge in [-0.3, -0.25) is 0 Å². The van der Waals surface area contributed by atoms with E-state index in [4.69, 9.17) is 13.6 Å². The Morgan fingerprint density at radius 2 is 1.63 bits per heavy atom. The van der Waals surface area contributed by atoms with E-state index in [-0.39, 0.29) is 46.3 Å². The lowest BCUT2D eigenvalue weighted by Gasteiger charge is -2.47. The number of carbonyl (C=O) groups is 1. The number of aliphatic hydroxyl groups excluding tert-OH is 2.